The number of rotatable bonds is 4. The van der Waals surface area contributed by atoms with Crippen molar-refractivity contribution in [3.63, 3.8) is 0 Å². The van der Waals surface area contributed by atoms with Crippen LogP contribution in [0.1, 0.15) is 13.3 Å². The van der Waals surface area contributed by atoms with Crippen LogP contribution in [0.5, 0.6) is 0 Å². The maximum absolute atomic E-state index is 13.1. The van der Waals surface area contributed by atoms with E-state index in [2.05, 4.69) is 5.32 Å². The van der Waals surface area contributed by atoms with Crippen LogP contribution in [-0.2, 0) is 4.79 Å². The van der Waals surface area contributed by atoms with Crippen LogP contribution in [0.25, 0.3) is 0 Å². The zero-order valence-corrected chi connectivity index (χ0v) is 8.13. The first-order valence-corrected chi connectivity index (χ1v) is 4.49. The molecule has 3 nitrogen and oxygen atoms in total. The lowest BCUT2D eigenvalue weighted by atomic mass is 10.2. The maximum atomic E-state index is 13.1. The lowest BCUT2D eigenvalue weighted by molar-refractivity contribution is -0.137. The van der Waals surface area contributed by atoms with Crippen molar-refractivity contribution in [1.29, 1.82) is 0 Å². The molecule has 0 amide bonds. The number of carboxylic acid groups (broad SMARTS) is 1. The molecule has 0 bridgehead atoms. The van der Waals surface area contributed by atoms with Gasteiger partial charge < -0.3 is 10.4 Å². The fourth-order valence-corrected chi connectivity index (χ4v) is 1.13. The Kier molecular flexibility index (Phi) is 3.60. The molecule has 0 aliphatic rings. The van der Waals surface area contributed by atoms with Gasteiger partial charge in [-0.25, -0.2) is 13.6 Å². The highest BCUT2D eigenvalue weighted by molar-refractivity contribution is 5.77. The molecule has 5 heteroatoms. The predicted octanol–water partition coefficient (Wildman–Crippen LogP) is 2.24. The molecule has 2 N–H and O–H groups in total. The van der Waals surface area contributed by atoms with Crippen molar-refractivity contribution in [3.05, 3.63) is 29.8 Å². The van der Waals surface area contributed by atoms with Gasteiger partial charge in [-0.05, 0) is 24.6 Å². The molecule has 0 saturated heterocycles. The number of hydrogen-bond donors (Lipinski definition) is 2. The van der Waals surface area contributed by atoms with E-state index in [1.807, 2.05) is 0 Å². The molecule has 0 aliphatic heterocycles. The first kappa shape index (κ1) is 11.4. The monoisotopic (exact) mass is 215 g/mol. The van der Waals surface area contributed by atoms with Gasteiger partial charge in [0.1, 0.15) is 17.7 Å². The Morgan fingerprint density at radius 1 is 1.53 bits per heavy atom. The van der Waals surface area contributed by atoms with Crippen LogP contribution in [0.3, 0.4) is 0 Å². The number of benzene rings is 1. The van der Waals surface area contributed by atoms with Gasteiger partial charge in [0.05, 0.1) is 5.69 Å². The van der Waals surface area contributed by atoms with Gasteiger partial charge in [-0.15, -0.1) is 0 Å². The van der Waals surface area contributed by atoms with Crippen molar-refractivity contribution >= 4 is 11.7 Å². The summed E-state index contributed by atoms with van der Waals surface area (Å²) in [5, 5.41) is 11.1. The van der Waals surface area contributed by atoms with E-state index < -0.39 is 23.6 Å². The van der Waals surface area contributed by atoms with Gasteiger partial charge in [0.15, 0.2) is 0 Å². The van der Waals surface area contributed by atoms with Gasteiger partial charge in [-0.2, -0.15) is 0 Å². The molecule has 1 aromatic carbocycles. The summed E-state index contributed by atoms with van der Waals surface area (Å²) in [5.41, 5.74) is -0.135. The average molecular weight is 215 g/mol. The minimum absolute atomic E-state index is 0.135. The van der Waals surface area contributed by atoms with Gasteiger partial charge >= 0.3 is 5.97 Å². The molecule has 15 heavy (non-hydrogen) atoms. The second-order valence-corrected chi connectivity index (χ2v) is 3.07. The Morgan fingerprint density at radius 3 is 2.73 bits per heavy atom. The van der Waals surface area contributed by atoms with Gasteiger partial charge in [0.2, 0.25) is 0 Å². The van der Waals surface area contributed by atoms with Crippen LogP contribution in [0, 0.1) is 11.6 Å². The van der Waals surface area contributed by atoms with E-state index in [1.165, 1.54) is 0 Å². The molecule has 0 saturated carbocycles. The zero-order valence-electron chi connectivity index (χ0n) is 8.13. The minimum Gasteiger partial charge on any atom is -0.480 e. The van der Waals surface area contributed by atoms with Crippen molar-refractivity contribution in [2.45, 2.75) is 19.4 Å². The summed E-state index contributed by atoms with van der Waals surface area (Å²) >= 11 is 0. The summed E-state index contributed by atoms with van der Waals surface area (Å²) in [6, 6.07) is 1.94. The molecule has 0 fully saturated rings. The Labute approximate surface area is 85.7 Å². The SMILES string of the molecule is CCC(Nc1cc(F)ccc1F)C(=O)O. The third kappa shape index (κ3) is 2.90. The summed E-state index contributed by atoms with van der Waals surface area (Å²) in [5.74, 6) is -2.38. The summed E-state index contributed by atoms with van der Waals surface area (Å²) in [4.78, 5) is 10.7. The van der Waals surface area contributed by atoms with Gasteiger partial charge in [0.25, 0.3) is 0 Å². The van der Waals surface area contributed by atoms with Crippen LogP contribution in [-0.4, -0.2) is 17.1 Å². The van der Waals surface area contributed by atoms with Crippen molar-refractivity contribution in [2.75, 3.05) is 5.32 Å². The highest BCUT2D eigenvalue weighted by Crippen LogP contribution is 2.16. The lowest BCUT2D eigenvalue weighted by Crippen LogP contribution is -2.28. The molecule has 0 aliphatic carbocycles. The Bertz CT molecular complexity index is 368. The molecule has 0 heterocycles. The van der Waals surface area contributed by atoms with E-state index in [0.717, 1.165) is 18.2 Å². The van der Waals surface area contributed by atoms with E-state index in [9.17, 15) is 13.6 Å². The van der Waals surface area contributed by atoms with Crippen LogP contribution in [0.15, 0.2) is 18.2 Å². The molecule has 0 radical (unpaired) electrons. The van der Waals surface area contributed by atoms with Crippen LogP contribution in [0.4, 0.5) is 14.5 Å². The summed E-state index contributed by atoms with van der Waals surface area (Å²) in [6.45, 7) is 1.64. The van der Waals surface area contributed by atoms with E-state index >= 15 is 0 Å². The third-order valence-electron chi connectivity index (χ3n) is 1.96. The largest absolute Gasteiger partial charge is 0.480 e. The molecule has 1 atom stereocenters. The number of carbonyl (C=O) groups is 1. The molecule has 0 aromatic heterocycles. The van der Waals surface area contributed by atoms with Crippen LogP contribution >= 0.6 is 0 Å². The molecule has 0 spiro atoms. The molecular formula is C10H11F2NO2. The minimum atomic E-state index is -1.10. The second-order valence-electron chi connectivity index (χ2n) is 3.07. The number of halogens is 2. The Morgan fingerprint density at radius 2 is 2.20 bits per heavy atom. The topological polar surface area (TPSA) is 49.3 Å². The van der Waals surface area contributed by atoms with E-state index in [4.69, 9.17) is 5.11 Å². The van der Waals surface area contributed by atoms with Gasteiger partial charge in [-0.3, -0.25) is 0 Å². The highest BCUT2D eigenvalue weighted by Gasteiger charge is 2.16. The molecule has 1 unspecified atom stereocenters. The normalized spacial score (nSPS) is 12.2. The van der Waals surface area contributed by atoms with E-state index in [0.29, 0.717) is 0 Å². The van der Waals surface area contributed by atoms with E-state index in [-0.39, 0.29) is 12.1 Å². The van der Waals surface area contributed by atoms with Crippen LogP contribution < -0.4 is 5.32 Å². The first-order chi connectivity index (χ1) is 7.04. The van der Waals surface area contributed by atoms with Crippen molar-refractivity contribution < 1.29 is 18.7 Å². The number of nitrogens with one attached hydrogen (secondary N) is 1. The van der Waals surface area contributed by atoms with Crippen molar-refractivity contribution in [1.82, 2.24) is 0 Å². The third-order valence-corrected chi connectivity index (χ3v) is 1.96. The number of hydrogen-bond acceptors (Lipinski definition) is 2. The second kappa shape index (κ2) is 4.72. The fourth-order valence-electron chi connectivity index (χ4n) is 1.13. The van der Waals surface area contributed by atoms with E-state index in [1.54, 1.807) is 6.92 Å². The van der Waals surface area contributed by atoms with Gasteiger partial charge in [-0.1, -0.05) is 6.92 Å². The highest BCUT2D eigenvalue weighted by atomic mass is 19.1. The summed E-state index contributed by atoms with van der Waals surface area (Å²) < 4.78 is 25.9. The first-order valence-electron chi connectivity index (χ1n) is 4.49. The van der Waals surface area contributed by atoms with Crippen LogP contribution in [0.2, 0.25) is 0 Å². The Hall–Kier alpha value is -1.65. The number of carboxylic acids is 1. The standard InChI is InChI=1S/C10H11F2NO2/c1-2-8(10(14)15)13-9-5-6(11)3-4-7(9)12/h3-5,8,13H,2H2,1H3,(H,14,15). The summed E-state index contributed by atoms with van der Waals surface area (Å²) in [6.07, 6.45) is 0.283. The van der Waals surface area contributed by atoms with Gasteiger partial charge in [0, 0.05) is 0 Å². The fraction of sp³-hybridized carbons (Fsp3) is 0.300. The Balaban J connectivity index is 2.87. The van der Waals surface area contributed by atoms with Crippen molar-refractivity contribution in [3.8, 4) is 0 Å². The van der Waals surface area contributed by atoms with Crippen molar-refractivity contribution in [2.24, 2.45) is 0 Å². The average Bonchev–Trinajstić information content (AvgIpc) is 2.18. The summed E-state index contributed by atoms with van der Waals surface area (Å²) in [7, 11) is 0. The number of aliphatic carboxylic acids is 1. The molecular weight excluding hydrogens is 204 g/mol. The molecule has 1 rings (SSSR count). The lowest BCUT2D eigenvalue weighted by Gasteiger charge is -2.14. The maximum Gasteiger partial charge on any atom is 0.326 e. The smallest absolute Gasteiger partial charge is 0.326 e. The zero-order chi connectivity index (χ0) is 11.4. The molecule has 1 aromatic rings. The number of anilines is 1. The quantitative estimate of drug-likeness (QED) is 0.809. The molecule has 82 valence electrons. The predicted molar refractivity (Wildman–Crippen MR) is 51.7 cm³/mol.